The van der Waals surface area contributed by atoms with Crippen molar-refractivity contribution in [3.05, 3.63) is 36.5 Å². The van der Waals surface area contributed by atoms with E-state index in [0.29, 0.717) is 0 Å². The molecule has 0 unspecified atom stereocenters. The molecular formula is C9H12N2. The fourth-order valence-corrected chi connectivity index (χ4v) is 0.709. The lowest BCUT2D eigenvalue weighted by Gasteiger charge is -2.02. The van der Waals surface area contributed by atoms with Gasteiger partial charge >= 0.3 is 0 Å². The number of rotatable bonds is 3. The molecule has 0 aliphatic rings. The van der Waals surface area contributed by atoms with Gasteiger partial charge in [0.25, 0.3) is 0 Å². The molecule has 11 heavy (non-hydrogen) atoms. The van der Waals surface area contributed by atoms with Gasteiger partial charge in [-0.05, 0) is 19.1 Å². The molecule has 0 aliphatic carbocycles. The van der Waals surface area contributed by atoms with Crippen molar-refractivity contribution in [2.75, 3.05) is 11.9 Å². The van der Waals surface area contributed by atoms with Crippen molar-refractivity contribution < 1.29 is 0 Å². The molecule has 2 nitrogen and oxygen atoms in total. The van der Waals surface area contributed by atoms with E-state index >= 15 is 0 Å². The van der Waals surface area contributed by atoms with Crippen LogP contribution in [0.2, 0.25) is 0 Å². The number of anilines is 1. The van der Waals surface area contributed by atoms with E-state index < -0.39 is 0 Å². The van der Waals surface area contributed by atoms with Crippen LogP contribution in [-0.4, -0.2) is 11.5 Å². The zero-order valence-electron chi connectivity index (χ0n) is 6.67. The zero-order chi connectivity index (χ0) is 8.10. The van der Waals surface area contributed by atoms with E-state index in [4.69, 9.17) is 0 Å². The molecule has 0 aromatic carbocycles. The fraction of sp³-hybridized carbons (Fsp3) is 0.222. The summed E-state index contributed by atoms with van der Waals surface area (Å²) >= 11 is 0. The average Bonchev–Trinajstić information content (AvgIpc) is 2.03. The summed E-state index contributed by atoms with van der Waals surface area (Å²) in [6.45, 7) is 6.55. The summed E-state index contributed by atoms with van der Waals surface area (Å²) < 4.78 is 0. The quantitative estimate of drug-likeness (QED) is 0.664. The summed E-state index contributed by atoms with van der Waals surface area (Å²) in [4.78, 5) is 4.10. The fourth-order valence-electron chi connectivity index (χ4n) is 0.709. The van der Waals surface area contributed by atoms with E-state index in [1.54, 1.807) is 6.20 Å². The Morgan fingerprint density at radius 2 is 2.45 bits per heavy atom. The minimum Gasteiger partial charge on any atom is -0.366 e. The van der Waals surface area contributed by atoms with Gasteiger partial charge in [-0.2, -0.15) is 0 Å². The highest BCUT2D eigenvalue weighted by molar-refractivity contribution is 5.34. The Morgan fingerprint density at radius 1 is 1.64 bits per heavy atom. The highest BCUT2D eigenvalue weighted by atomic mass is 15.0. The van der Waals surface area contributed by atoms with Gasteiger partial charge in [-0.15, -0.1) is 0 Å². The van der Waals surface area contributed by atoms with Crippen LogP contribution in [-0.2, 0) is 0 Å². The predicted molar refractivity (Wildman–Crippen MR) is 47.5 cm³/mol. The van der Waals surface area contributed by atoms with Gasteiger partial charge < -0.3 is 5.32 Å². The van der Waals surface area contributed by atoms with Crippen LogP contribution in [0.3, 0.4) is 0 Å². The number of hydrogen-bond acceptors (Lipinski definition) is 2. The van der Waals surface area contributed by atoms with Gasteiger partial charge in [-0.1, -0.05) is 18.2 Å². The van der Waals surface area contributed by atoms with Crippen LogP contribution in [0, 0.1) is 0 Å². The second-order valence-electron chi connectivity index (χ2n) is 2.53. The first-order valence-corrected chi connectivity index (χ1v) is 3.58. The molecule has 1 aromatic rings. The van der Waals surface area contributed by atoms with Crippen LogP contribution in [0.25, 0.3) is 0 Å². The molecule has 58 valence electrons. The SMILES string of the molecule is C=C(C)CNc1ccccn1. The molecule has 1 N–H and O–H groups in total. The van der Waals surface area contributed by atoms with E-state index in [-0.39, 0.29) is 0 Å². The van der Waals surface area contributed by atoms with Crippen LogP contribution in [0.15, 0.2) is 36.5 Å². The van der Waals surface area contributed by atoms with E-state index in [2.05, 4.69) is 16.9 Å². The molecule has 0 spiro atoms. The highest BCUT2D eigenvalue weighted by Gasteiger charge is 1.88. The molecule has 0 atom stereocenters. The van der Waals surface area contributed by atoms with Gasteiger partial charge in [0.2, 0.25) is 0 Å². The van der Waals surface area contributed by atoms with E-state index in [1.807, 2.05) is 25.1 Å². The van der Waals surface area contributed by atoms with E-state index in [9.17, 15) is 0 Å². The van der Waals surface area contributed by atoms with Crippen molar-refractivity contribution >= 4 is 5.82 Å². The third kappa shape index (κ3) is 2.85. The Hall–Kier alpha value is -1.31. The third-order valence-electron chi connectivity index (χ3n) is 1.24. The first-order valence-electron chi connectivity index (χ1n) is 3.58. The van der Waals surface area contributed by atoms with Crippen molar-refractivity contribution in [1.82, 2.24) is 4.98 Å². The number of hydrogen-bond donors (Lipinski definition) is 1. The Kier molecular flexibility index (Phi) is 2.66. The summed E-state index contributed by atoms with van der Waals surface area (Å²) in [5.74, 6) is 0.899. The smallest absolute Gasteiger partial charge is 0.126 e. The number of pyridine rings is 1. The summed E-state index contributed by atoms with van der Waals surface area (Å²) in [6, 6.07) is 5.78. The summed E-state index contributed by atoms with van der Waals surface area (Å²) in [6.07, 6.45) is 1.76. The van der Waals surface area contributed by atoms with Crippen LogP contribution < -0.4 is 5.32 Å². The highest BCUT2D eigenvalue weighted by Crippen LogP contribution is 1.99. The molecular weight excluding hydrogens is 136 g/mol. The first-order chi connectivity index (χ1) is 5.29. The summed E-state index contributed by atoms with van der Waals surface area (Å²) in [7, 11) is 0. The molecule has 0 amide bonds. The van der Waals surface area contributed by atoms with Crippen LogP contribution in [0.4, 0.5) is 5.82 Å². The lowest BCUT2D eigenvalue weighted by Crippen LogP contribution is -2.02. The van der Waals surface area contributed by atoms with Crippen molar-refractivity contribution in [2.24, 2.45) is 0 Å². The number of aromatic nitrogens is 1. The van der Waals surface area contributed by atoms with Crippen molar-refractivity contribution in [1.29, 1.82) is 0 Å². The average molecular weight is 148 g/mol. The van der Waals surface area contributed by atoms with Crippen LogP contribution in [0.5, 0.6) is 0 Å². The van der Waals surface area contributed by atoms with Gasteiger partial charge in [-0.3, -0.25) is 0 Å². The molecule has 0 bridgehead atoms. The normalized spacial score (nSPS) is 9.18. The first kappa shape index (κ1) is 7.79. The second-order valence-corrected chi connectivity index (χ2v) is 2.53. The predicted octanol–water partition coefficient (Wildman–Crippen LogP) is 2.07. The molecule has 0 saturated carbocycles. The van der Waals surface area contributed by atoms with E-state index in [1.165, 1.54) is 0 Å². The van der Waals surface area contributed by atoms with Crippen molar-refractivity contribution in [2.45, 2.75) is 6.92 Å². The van der Waals surface area contributed by atoms with Gasteiger partial charge in [0.1, 0.15) is 5.82 Å². The monoisotopic (exact) mass is 148 g/mol. The molecule has 1 aromatic heterocycles. The van der Waals surface area contributed by atoms with Gasteiger partial charge in [0, 0.05) is 12.7 Å². The third-order valence-corrected chi connectivity index (χ3v) is 1.24. The molecule has 0 aliphatic heterocycles. The van der Waals surface area contributed by atoms with Gasteiger partial charge in [-0.25, -0.2) is 4.98 Å². The summed E-state index contributed by atoms with van der Waals surface area (Å²) in [5, 5.41) is 3.13. The zero-order valence-corrected chi connectivity index (χ0v) is 6.67. The van der Waals surface area contributed by atoms with Crippen LogP contribution in [0.1, 0.15) is 6.92 Å². The number of nitrogens with one attached hydrogen (secondary N) is 1. The molecule has 0 fully saturated rings. The van der Waals surface area contributed by atoms with E-state index in [0.717, 1.165) is 17.9 Å². The maximum Gasteiger partial charge on any atom is 0.126 e. The van der Waals surface area contributed by atoms with Gasteiger partial charge in [0.05, 0.1) is 0 Å². The Morgan fingerprint density at radius 3 is 3.00 bits per heavy atom. The summed E-state index contributed by atoms with van der Waals surface area (Å²) in [5.41, 5.74) is 1.11. The lowest BCUT2D eigenvalue weighted by atomic mass is 10.3. The van der Waals surface area contributed by atoms with Crippen molar-refractivity contribution in [3.8, 4) is 0 Å². The minimum atomic E-state index is 0.789. The van der Waals surface area contributed by atoms with Gasteiger partial charge in [0.15, 0.2) is 0 Å². The standard InChI is InChI=1S/C9H12N2/c1-8(2)7-11-9-5-3-4-6-10-9/h3-6H,1,7H2,2H3,(H,10,11). The molecule has 0 radical (unpaired) electrons. The lowest BCUT2D eigenvalue weighted by molar-refractivity contribution is 1.17. The Bertz CT molecular complexity index is 229. The topological polar surface area (TPSA) is 24.9 Å². The largest absolute Gasteiger partial charge is 0.366 e. The second kappa shape index (κ2) is 3.76. The molecule has 1 rings (SSSR count). The minimum absolute atomic E-state index is 0.789. The Labute approximate surface area is 67.0 Å². The molecule has 0 saturated heterocycles. The molecule has 1 heterocycles. The Balaban J connectivity index is 2.45. The maximum absolute atomic E-state index is 4.10. The van der Waals surface area contributed by atoms with Crippen molar-refractivity contribution in [3.63, 3.8) is 0 Å². The maximum atomic E-state index is 4.10. The van der Waals surface area contributed by atoms with Crippen LogP contribution >= 0.6 is 0 Å². The number of nitrogens with zero attached hydrogens (tertiary/aromatic N) is 1. The molecule has 2 heteroatoms.